The van der Waals surface area contributed by atoms with Gasteiger partial charge in [-0.1, -0.05) is 0 Å². The van der Waals surface area contributed by atoms with Crippen LogP contribution in [0.2, 0.25) is 0 Å². The van der Waals surface area contributed by atoms with Gasteiger partial charge in [-0.05, 0) is 25.2 Å². The van der Waals surface area contributed by atoms with Gasteiger partial charge in [-0.25, -0.2) is 5.01 Å². The van der Waals surface area contributed by atoms with Crippen LogP contribution in [0.3, 0.4) is 0 Å². The van der Waals surface area contributed by atoms with Gasteiger partial charge in [0.15, 0.2) is 0 Å². The van der Waals surface area contributed by atoms with Gasteiger partial charge in [-0.2, -0.15) is 5.12 Å². The Morgan fingerprint density at radius 1 is 1.50 bits per heavy atom. The Balaban J connectivity index is 2.02. The maximum atomic E-state index is 5.64. The van der Waals surface area contributed by atoms with Crippen molar-refractivity contribution in [2.75, 3.05) is 13.6 Å². The highest BCUT2D eigenvalue weighted by molar-refractivity contribution is 4.89. The van der Waals surface area contributed by atoms with Crippen molar-refractivity contribution in [1.29, 1.82) is 0 Å². The van der Waals surface area contributed by atoms with Crippen molar-refractivity contribution >= 4 is 0 Å². The molecule has 58 valence electrons. The maximum Gasteiger partial charge on any atom is 0.0262 e. The van der Waals surface area contributed by atoms with Crippen molar-refractivity contribution in [2.24, 2.45) is 11.8 Å². The van der Waals surface area contributed by atoms with E-state index in [1.165, 1.54) is 25.8 Å². The largest absolute Gasteiger partial charge is 0.255 e. The Bertz CT molecular complexity index is 135. The van der Waals surface area contributed by atoms with Gasteiger partial charge < -0.3 is 0 Å². The average Bonchev–Trinajstić information content (AvgIpc) is 2.44. The van der Waals surface area contributed by atoms with Gasteiger partial charge >= 0.3 is 0 Å². The van der Waals surface area contributed by atoms with E-state index in [9.17, 15) is 0 Å². The van der Waals surface area contributed by atoms with Crippen molar-refractivity contribution < 1.29 is 0 Å². The van der Waals surface area contributed by atoms with Crippen LogP contribution in [-0.4, -0.2) is 29.8 Å². The fourth-order valence-electron chi connectivity index (χ4n) is 2.29. The lowest BCUT2D eigenvalue weighted by Crippen LogP contribution is -2.48. The van der Waals surface area contributed by atoms with Crippen LogP contribution in [0.1, 0.15) is 19.3 Å². The molecule has 0 unspecified atom stereocenters. The summed E-state index contributed by atoms with van der Waals surface area (Å²) in [5.41, 5.74) is 0. The molecule has 2 rings (SSSR count). The van der Waals surface area contributed by atoms with Gasteiger partial charge in [-0.3, -0.25) is 5.84 Å². The molecule has 3 heteroatoms. The van der Waals surface area contributed by atoms with Crippen molar-refractivity contribution in [3.63, 3.8) is 0 Å². The van der Waals surface area contributed by atoms with Crippen molar-refractivity contribution in [3.05, 3.63) is 0 Å². The summed E-state index contributed by atoms with van der Waals surface area (Å²) in [4.78, 5) is 0. The molecule has 0 aromatic carbocycles. The molecule has 2 atom stereocenters. The second-order valence-electron chi connectivity index (χ2n) is 3.53. The first kappa shape index (κ1) is 6.58. The number of hydrogen-bond acceptors (Lipinski definition) is 3. The van der Waals surface area contributed by atoms with Crippen LogP contribution in [-0.2, 0) is 0 Å². The lowest BCUT2D eigenvalue weighted by Gasteiger charge is -2.31. The SMILES string of the molecule is CN(N)N1C[C@H]2CC[C@@H]1C2. The van der Waals surface area contributed by atoms with E-state index in [2.05, 4.69) is 5.01 Å². The van der Waals surface area contributed by atoms with E-state index in [4.69, 9.17) is 5.84 Å². The Morgan fingerprint density at radius 3 is 2.60 bits per heavy atom. The summed E-state index contributed by atoms with van der Waals surface area (Å²) in [5, 5.41) is 4.04. The fraction of sp³-hybridized carbons (Fsp3) is 1.00. The monoisotopic (exact) mass is 141 g/mol. The van der Waals surface area contributed by atoms with Gasteiger partial charge in [0.2, 0.25) is 0 Å². The summed E-state index contributed by atoms with van der Waals surface area (Å²) >= 11 is 0. The van der Waals surface area contributed by atoms with Crippen LogP contribution >= 0.6 is 0 Å². The molecule has 1 aliphatic heterocycles. The molecule has 1 saturated heterocycles. The molecule has 1 heterocycles. The van der Waals surface area contributed by atoms with Gasteiger partial charge in [0.05, 0.1) is 0 Å². The highest BCUT2D eigenvalue weighted by Crippen LogP contribution is 2.36. The molecule has 2 bridgehead atoms. The molecule has 0 aromatic heterocycles. The highest BCUT2D eigenvalue weighted by Gasteiger charge is 2.38. The first-order chi connectivity index (χ1) is 4.77. The maximum absolute atomic E-state index is 5.64. The normalized spacial score (nSPS) is 39.9. The molecule has 0 amide bonds. The average molecular weight is 141 g/mol. The van der Waals surface area contributed by atoms with Crippen LogP contribution in [0, 0.1) is 5.92 Å². The zero-order chi connectivity index (χ0) is 7.14. The zero-order valence-electron chi connectivity index (χ0n) is 6.45. The van der Waals surface area contributed by atoms with E-state index < -0.39 is 0 Å². The summed E-state index contributed by atoms with van der Waals surface area (Å²) in [5.74, 6) is 6.58. The number of hydrogen-bond donors (Lipinski definition) is 1. The minimum absolute atomic E-state index is 0.764. The Hall–Kier alpha value is -0.120. The number of hydrazine groups is 2. The third-order valence-electron chi connectivity index (χ3n) is 2.79. The van der Waals surface area contributed by atoms with Gasteiger partial charge in [0.25, 0.3) is 0 Å². The van der Waals surface area contributed by atoms with Gasteiger partial charge in [-0.15, -0.1) is 0 Å². The molecule has 10 heavy (non-hydrogen) atoms. The Morgan fingerprint density at radius 2 is 2.30 bits per heavy atom. The molecule has 2 N–H and O–H groups in total. The smallest absolute Gasteiger partial charge is 0.0262 e. The van der Waals surface area contributed by atoms with Crippen molar-refractivity contribution in [1.82, 2.24) is 10.1 Å². The van der Waals surface area contributed by atoms with E-state index in [0.29, 0.717) is 0 Å². The number of fused-ring (bicyclic) bond motifs is 2. The zero-order valence-corrected chi connectivity index (χ0v) is 6.45. The third kappa shape index (κ3) is 0.856. The van der Waals surface area contributed by atoms with E-state index >= 15 is 0 Å². The topological polar surface area (TPSA) is 32.5 Å². The van der Waals surface area contributed by atoms with E-state index in [1.807, 2.05) is 7.05 Å². The fourth-order valence-corrected chi connectivity index (χ4v) is 2.29. The van der Waals surface area contributed by atoms with E-state index in [-0.39, 0.29) is 0 Å². The molecule has 1 saturated carbocycles. The predicted molar refractivity (Wildman–Crippen MR) is 39.8 cm³/mol. The summed E-state index contributed by atoms with van der Waals surface area (Å²) in [7, 11) is 1.93. The number of nitrogens with two attached hydrogens (primary N) is 1. The summed E-state index contributed by atoms with van der Waals surface area (Å²) in [6, 6.07) is 0.764. The van der Waals surface area contributed by atoms with Gasteiger partial charge in [0.1, 0.15) is 0 Å². The lowest BCUT2D eigenvalue weighted by molar-refractivity contribution is -0.0287. The molecular formula is C7H15N3. The molecule has 0 spiro atoms. The van der Waals surface area contributed by atoms with Crippen LogP contribution < -0.4 is 5.84 Å². The molecule has 1 aliphatic carbocycles. The number of rotatable bonds is 1. The van der Waals surface area contributed by atoms with Crippen molar-refractivity contribution in [3.8, 4) is 0 Å². The first-order valence-electron chi connectivity index (χ1n) is 4.02. The lowest BCUT2D eigenvalue weighted by atomic mass is 10.1. The first-order valence-corrected chi connectivity index (χ1v) is 4.02. The molecule has 2 aliphatic rings. The molecular weight excluding hydrogens is 126 g/mol. The second-order valence-corrected chi connectivity index (χ2v) is 3.53. The van der Waals surface area contributed by atoms with E-state index in [1.54, 1.807) is 5.12 Å². The minimum Gasteiger partial charge on any atom is -0.255 e. The molecule has 3 nitrogen and oxygen atoms in total. The summed E-state index contributed by atoms with van der Waals surface area (Å²) < 4.78 is 0. The van der Waals surface area contributed by atoms with Crippen LogP contribution in [0.15, 0.2) is 0 Å². The number of nitrogens with zero attached hydrogens (tertiary/aromatic N) is 2. The molecule has 2 fully saturated rings. The quantitative estimate of drug-likeness (QED) is 0.418. The number of piperidine rings is 1. The molecule has 0 aromatic rings. The Kier molecular flexibility index (Phi) is 1.44. The van der Waals surface area contributed by atoms with Gasteiger partial charge in [0, 0.05) is 19.6 Å². The van der Waals surface area contributed by atoms with Crippen LogP contribution in [0.4, 0.5) is 0 Å². The molecule has 0 radical (unpaired) electrons. The van der Waals surface area contributed by atoms with E-state index in [0.717, 1.165) is 12.0 Å². The Labute approximate surface area is 61.7 Å². The minimum atomic E-state index is 0.764. The van der Waals surface area contributed by atoms with Crippen LogP contribution in [0.25, 0.3) is 0 Å². The predicted octanol–water partition coefficient (Wildman–Crippen LogP) is 0.191. The van der Waals surface area contributed by atoms with Crippen molar-refractivity contribution in [2.45, 2.75) is 25.3 Å². The van der Waals surface area contributed by atoms with Crippen LogP contribution in [0.5, 0.6) is 0 Å². The third-order valence-corrected chi connectivity index (χ3v) is 2.79. The standard InChI is InChI=1S/C7H15N3/c1-9(8)10-5-6-2-3-7(10)4-6/h6-7H,2-5,8H2,1H3/t6-,7+/m0/s1. The summed E-state index contributed by atoms with van der Waals surface area (Å²) in [6.07, 6.45) is 4.16. The summed E-state index contributed by atoms with van der Waals surface area (Å²) in [6.45, 7) is 1.19. The second kappa shape index (κ2) is 2.19. The highest BCUT2D eigenvalue weighted by atomic mass is 15.8.